The maximum Gasteiger partial charge on any atom is 0.409 e. The lowest BCUT2D eigenvalue weighted by molar-refractivity contribution is 0.0962. The molecule has 2 aliphatic rings. The van der Waals surface area contributed by atoms with Crippen molar-refractivity contribution >= 4 is 36.0 Å². The van der Waals surface area contributed by atoms with E-state index in [0.717, 1.165) is 71.2 Å². The number of amides is 1. The van der Waals surface area contributed by atoms with Crippen molar-refractivity contribution < 1.29 is 9.53 Å². The van der Waals surface area contributed by atoms with Crippen LogP contribution in [0.4, 0.5) is 4.79 Å². The Hall–Kier alpha value is -0.810. The molecular weight excluding hydrogens is 471 g/mol. The van der Waals surface area contributed by atoms with Gasteiger partial charge >= 0.3 is 6.09 Å². The van der Waals surface area contributed by atoms with Crippen LogP contribution in [0.2, 0.25) is 0 Å². The van der Waals surface area contributed by atoms with Gasteiger partial charge in [-0.3, -0.25) is 9.89 Å². The molecule has 2 fully saturated rings. The molecule has 9 heteroatoms. The van der Waals surface area contributed by atoms with Gasteiger partial charge in [0.05, 0.1) is 6.61 Å². The lowest BCUT2D eigenvalue weighted by Gasteiger charge is -2.38. The Morgan fingerprint density at radius 1 is 1.14 bits per heavy atom. The number of guanidine groups is 1. The van der Waals surface area contributed by atoms with Gasteiger partial charge in [0.1, 0.15) is 0 Å². The number of carbonyl (C=O) groups is 1. The van der Waals surface area contributed by atoms with Gasteiger partial charge in [-0.25, -0.2) is 4.79 Å². The van der Waals surface area contributed by atoms with Crippen LogP contribution < -0.4 is 10.6 Å². The van der Waals surface area contributed by atoms with E-state index in [1.54, 1.807) is 4.90 Å². The summed E-state index contributed by atoms with van der Waals surface area (Å²) >= 11 is 0. The van der Waals surface area contributed by atoms with E-state index in [1.165, 1.54) is 0 Å². The molecule has 0 aromatic carbocycles. The third-order valence-corrected chi connectivity index (χ3v) is 5.63. The Morgan fingerprint density at radius 2 is 1.79 bits per heavy atom. The van der Waals surface area contributed by atoms with Crippen molar-refractivity contribution in [2.45, 2.75) is 45.7 Å². The van der Waals surface area contributed by atoms with Crippen LogP contribution in [0.25, 0.3) is 0 Å². The molecule has 0 saturated carbocycles. The molecule has 2 saturated heterocycles. The number of hydrogen-bond acceptors (Lipinski definition) is 5. The first-order valence-corrected chi connectivity index (χ1v) is 10.4. The second kappa shape index (κ2) is 13.4. The van der Waals surface area contributed by atoms with Crippen LogP contribution in [-0.4, -0.2) is 105 Å². The number of piperazine rings is 1. The van der Waals surface area contributed by atoms with Crippen molar-refractivity contribution in [2.75, 3.05) is 66.0 Å². The van der Waals surface area contributed by atoms with Crippen LogP contribution >= 0.6 is 24.0 Å². The molecular formula is C19H39IN6O2. The van der Waals surface area contributed by atoms with Gasteiger partial charge in [0.25, 0.3) is 0 Å². The standard InChI is InChI=1S/C19H38N6O2.HI/c1-5-23-11-13-24(14-12-23)16(3)15-21-18(20-4)22-17-7-9-25(10-8-17)19(26)27-6-2;/h16-17H,5-15H2,1-4H3,(H2,20,21,22);1H. The van der Waals surface area contributed by atoms with Crippen LogP contribution in [0, 0.1) is 0 Å². The fourth-order valence-electron chi connectivity index (χ4n) is 3.70. The SMILES string of the molecule is CCOC(=O)N1CCC(NC(=NC)NCC(C)N2CCN(CC)CC2)CC1.I. The number of ether oxygens (including phenoxy) is 1. The van der Waals surface area contributed by atoms with Crippen LogP contribution in [-0.2, 0) is 4.74 Å². The van der Waals surface area contributed by atoms with Gasteiger partial charge in [0, 0.05) is 64.9 Å². The Labute approximate surface area is 187 Å². The van der Waals surface area contributed by atoms with E-state index in [-0.39, 0.29) is 30.1 Å². The van der Waals surface area contributed by atoms with E-state index in [0.29, 0.717) is 18.7 Å². The van der Waals surface area contributed by atoms with Crippen molar-refractivity contribution in [3.8, 4) is 0 Å². The second-order valence-corrected chi connectivity index (χ2v) is 7.38. The highest BCUT2D eigenvalue weighted by molar-refractivity contribution is 14.0. The molecule has 164 valence electrons. The Bertz CT molecular complexity index is 477. The van der Waals surface area contributed by atoms with Crippen molar-refractivity contribution in [1.29, 1.82) is 0 Å². The average molecular weight is 510 g/mol. The van der Waals surface area contributed by atoms with Gasteiger partial charge in [-0.2, -0.15) is 0 Å². The molecule has 1 amide bonds. The highest BCUT2D eigenvalue weighted by Gasteiger charge is 2.24. The highest BCUT2D eigenvalue weighted by atomic mass is 127. The molecule has 1 unspecified atom stereocenters. The molecule has 0 aromatic rings. The number of piperidine rings is 1. The van der Waals surface area contributed by atoms with Gasteiger partial charge in [-0.15, -0.1) is 24.0 Å². The topological polar surface area (TPSA) is 72.4 Å². The van der Waals surface area contributed by atoms with Gasteiger partial charge in [-0.05, 0) is 33.2 Å². The highest BCUT2D eigenvalue weighted by Crippen LogP contribution is 2.11. The molecule has 2 aliphatic heterocycles. The maximum atomic E-state index is 11.8. The van der Waals surface area contributed by atoms with Crippen molar-refractivity contribution in [2.24, 2.45) is 4.99 Å². The van der Waals surface area contributed by atoms with E-state index in [1.807, 2.05) is 14.0 Å². The Kier molecular flexibility index (Phi) is 12.1. The summed E-state index contributed by atoms with van der Waals surface area (Å²) in [6.07, 6.45) is 1.62. The molecule has 1 atom stereocenters. The first-order valence-electron chi connectivity index (χ1n) is 10.4. The fraction of sp³-hybridized carbons (Fsp3) is 0.895. The van der Waals surface area contributed by atoms with E-state index in [2.05, 4.69) is 39.3 Å². The zero-order valence-corrected chi connectivity index (χ0v) is 20.3. The summed E-state index contributed by atoms with van der Waals surface area (Å²) in [6.45, 7) is 14.8. The molecule has 28 heavy (non-hydrogen) atoms. The summed E-state index contributed by atoms with van der Waals surface area (Å²) in [5.41, 5.74) is 0. The second-order valence-electron chi connectivity index (χ2n) is 7.38. The predicted molar refractivity (Wildman–Crippen MR) is 125 cm³/mol. The molecule has 2 N–H and O–H groups in total. The number of carbonyl (C=O) groups excluding carboxylic acids is 1. The molecule has 0 aromatic heterocycles. The van der Waals surface area contributed by atoms with Crippen LogP contribution in [0.3, 0.4) is 0 Å². The molecule has 2 heterocycles. The lowest BCUT2D eigenvalue weighted by Crippen LogP contribution is -2.54. The Morgan fingerprint density at radius 3 is 2.32 bits per heavy atom. The normalized spacial score (nSPS) is 21.0. The summed E-state index contributed by atoms with van der Waals surface area (Å²) in [5.74, 6) is 0.851. The van der Waals surface area contributed by atoms with E-state index in [9.17, 15) is 4.79 Å². The number of halogens is 1. The number of likely N-dealkylation sites (tertiary alicyclic amines) is 1. The number of hydrogen-bond donors (Lipinski definition) is 2. The number of nitrogens with one attached hydrogen (secondary N) is 2. The largest absolute Gasteiger partial charge is 0.450 e. The summed E-state index contributed by atoms with van der Waals surface area (Å²) in [4.78, 5) is 23.0. The first kappa shape index (κ1) is 25.2. The third kappa shape index (κ3) is 7.90. The average Bonchev–Trinajstić information content (AvgIpc) is 2.71. The van der Waals surface area contributed by atoms with E-state index >= 15 is 0 Å². The minimum Gasteiger partial charge on any atom is -0.450 e. The van der Waals surface area contributed by atoms with Crippen molar-refractivity contribution in [1.82, 2.24) is 25.3 Å². The number of aliphatic imine (C=N–C) groups is 1. The summed E-state index contributed by atoms with van der Waals surface area (Å²) in [5, 5.41) is 6.98. The van der Waals surface area contributed by atoms with E-state index < -0.39 is 0 Å². The number of likely N-dealkylation sites (N-methyl/N-ethyl adjacent to an activating group) is 1. The third-order valence-electron chi connectivity index (χ3n) is 5.63. The molecule has 0 bridgehead atoms. The molecule has 0 radical (unpaired) electrons. The Balaban J connectivity index is 0.00000392. The predicted octanol–water partition coefficient (Wildman–Crippen LogP) is 1.42. The monoisotopic (exact) mass is 510 g/mol. The van der Waals surface area contributed by atoms with Crippen LogP contribution in [0.5, 0.6) is 0 Å². The van der Waals surface area contributed by atoms with Crippen LogP contribution in [0.15, 0.2) is 4.99 Å². The smallest absolute Gasteiger partial charge is 0.409 e. The van der Waals surface area contributed by atoms with Gasteiger partial charge in [0.15, 0.2) is 5.96 Å². The zero-order valence-electron chi connectivity index (χ0n) is 17.9. The maximum absolute atomic E-state index is 11.8. The first-order chi connectivity index (χ1) is 13.1. The summed E-state index contributed by atoms with van der Waals surface area (Å²) in [7, 11) is 1.81. The summed E-state index contributed by atoms with van der Waals surface area (Å²) in [6, 6.07) is 0.818. The fourth-order valence-corrected chi connectivity index (χ4v) is 3.70. The minimum atomic E-state index is -0.199. The molecule has 0 aliphatic carbocycles. The zero-order chi connectivity index (χ0) is 19.6. The van der Waals surface area contributed by atoms with Gasteiger partial charge in [-0.1, -0.05) is 6.92 Å². The van der Waals surface area contributed by atoms with Gasteiger partial charge in [0.2, 0.25) is 0 Å². The molecule has 2 rings (SSSR count). The number of nitrogens with zero attached hydrogens (tertiary/aromatic N) is 4. The van der Waals surface area contributed by atoms with Crippen molar-refractivity contribution in [3.05, 3.63) is 0 Å². The molecule has 0 spiro atoms. The number of rotatable bonds is 6. The summed E-state index contributed by atoms with van der Waals surface area (Å²) < 4.78 is 5.08. The van der Waals surface area contributed by atoms with Crippen molar-refractivity contribution in [3.63, 3.8) is 0 Å². The van der Waals surface area contributed by atoms with Gasteiger partial charge < -0.3 is 25.2 Å². The van der Waals surface area contributed by atoms with E-state index in [4.69, 9.17) is 4.74 Å². The molecule has 8 nitrogen and oxygen atoms in total. The minimum absolute atomic E-state index is 0. The lowest BCUT2D eigenvalue weighted by atomic mass is 10.1. The quantitative estimate of drug-likeness (QED) is 0.320. The van der Waals surface area contributed by atoms with Crippen LogP contribution in [0.1, 0.15) is 33.6 Å².